The third-order valence-electron chi connectivity index (χ3n) is 2.49. The summed E-state index contributed by atoms with van der Waals surface area (Å²) >= 11 is 0. The lowest BCUT2D eigenvalue weighted by Crippen LogP contribution is -2.03. The van der Waals surface area contributed by atoms with Gasteiger partial charge in [-0.25, -0.2) is 4.79 Å². The van der Waals surface area contributed by atoms with Crippen molar-refractivity contribution < 1.29 is 9.90 Å². The van der Waals surface area contributed by atoms with Crippen LogP contribution in [0.5, 0.6) is 0 Å². The van der Waals surface area contributed by atoms with Crippen LogP contribution in [-0.2, 0) is 6.42 Å². The van der Waals surface area contributed by atoms with E-state index in [0.29, 0.717) is 5.82 Å². The van der Waals surface area contributed by atoms with Gasteiger partial charge in [0.1, 0.15) is 0 Å². The maximum atomic E-state index is 10.6. The van der Waals surface area contributed by atoms with Crippen LogP contribution in [0.1, 0.15) is 23.0 Å². The fraction of sp³-hybridized carbons (Fsp3) is 0.154. The van der Waals surface area contributed by atoms with E-state index in [9.17, 15) is 4.79 Å². The molecule has 2 aromatic rings. The fourth-order valence-corrected chi connectivity index (χ4v) is 1.53. The van der Waals surface area contributed by atoms with Gasteiger partial charge in [0.05, 0.1) is 0 Å². The van der Waals surface area contributed by atoms with Gasteiger partial charge in [0.2, 0.25) is 0 Å². The number of carboxylic acids is 1. The summed E-state index contributed by atoms with van der Waals surface area (Å²) in [6.07, 6.45) is 0.957. The van der Waals surface area contributed by atoms with E-state index in [1.165, 1.54) is 11.6 Å². The molecule has 18 heavy (non-hydrogen) atoms. The van der Waals surface area contributed by atoms with Crippen LogP contribution >= 0.6 is 0 Å². The zero-order valence-electron chi connectivity index (χ0n) is 9.92. The molecule has 5 heteroatoms. The summed E-state index contributed by atoms with van der Waals surface area (Å²) in [5.74, 6) is -0.560. The van der Waals surface area contributed by atoms with Crippen LogP contribution in [0.2, 0.25) is 0 Å². The van der Waals surface area contributed by atoms with Gasteiger partial charge in [-0.2, -0.15) is 0 Å². The number of hydrogen-bond acceptors (Lipinski definition) is 4. The summed E-state index contributed by atoms with van der Waals surface area (Å²) in [7, 11) is 0. The van der Waals surface area contributed by atoms with Crippen molar-refractivity contribution in [2.75, 3.05) is 5.32 Å². The lowest BCUT2D eigenvalue weighted by molar-refractivity contribution is 0.0689. The van der Waals surface area contributed by atoms with E-state index < -0.39 is 5.97 Å². The van der Waals surface area contributed by atoms with Crippen LogP contribution in [0.3, 0.4) is 0 Å². The Morgan fingerprint density at radius 1 is 1.28 bits per heavy atom. The molecule has 1 aromatic carbocycles. The van der Waals surface area contributed by atoms with Gasteiger partial charge < -0.3 is 10.4 Å². The minimum absolute atomic E-state index is 0.0668. The number of aromatic carboxylic acids is 1. The Hall–Kier alpha value is -2.43. The molecule has 2 N–H and O–H groups in total. The molecular weight excluding hydrogens is 230 g/mol. The van der Waals surface area contributed by atoms with Crippen LogP contribution in [0, 0.1) is 0 Å². The summed E-state index contributed by atoms with van der Waals surface area (Å²) in [5, 5.41) is 19.2. The molecule has 92 valence electrons. The highest BCUT2D eigenvalue weighted by molar-refractivity contribution is 5.85. The summed E-state index contributed by atoms with van der Waals surface area (Å²) in [6.45, 7) is 2.08. The van der Waals surface area contributed by atoms with E-state index in [2.05, 4.69) is 22.4 Å². The molecule has 2 rings (SSSR count). The van der Waals surface area contributed by atoms with Crippen molar-refractivity contribution in [1.82, 2.24) is 10.2 Å². The molecule has 0 amide bonds. The van der Waals surface area contributed by atoms with E-state index >= 15 is 0 Å². The van der Waals surface area contributed by atoms with Gasteiger partial charge in [-0.3, -0.25) is 0 Å². The first kappa shape index (κ1) is 12.0. The largest absolute Gasteiger partial charge is 0.476 e. The van der Waals surface area contributed by atoms with E-state index in [4.69, 9.17) is 5.11 Å². The average Bonchev–Trinajstić information content (AvgIpc) is 2.39. The maximum absolute atomic E-state index is 10.6. The zero-order chi connectivity index (χ0) is 13.0. The lowest BCUT2D eigenvalue weighted by Gasteiger charge is -2.06. The van der Waals surface area contributed by atoms with Crippen molar-refractivity contribution in [2.24, 2.45) is 0 Å². The van der Waals surface area contributed by atoms with Crippen molar-refractivity contribution in [2.45, 2.75) is 13.3 Å². The normalized spacial score (nSPS) is 10.1. The number of aryl methyl sites for hydroxylation is 1. The Bertz CT molecular complexity index is 552. The molecule has 0 bridgehead atoms. The molecule has 0 aliphatic heterocycles. The van der Waals surface area contributed by atoms with Gasteiger partial charge in [0.25, 0.3) is 0 Å². The Morgan fingerprint density at radius 3 is 2.72 bits per heavy atom. The average molecular weight is 243 g/mol. The summed E-state index contributed by atoms with van der Waals surface area (Å²) in [6, 6.07) is 11.0. The van der Waals surface area contributed by atoms with Gasteiger partial charge in [-0.15, -0.1) is 10.2 Å². The van der Waals surface area contributed by atoms with Crippen LogP contribution in [-0.4, -0.2) is 21.3 Å². The predicted molar refractivity (Wildman–Crippen MR) is 68.1 cm³/mol. The topological polar surface area (TPSA) is 75.1 Å². The highest BCUT2D eigenvalue weighted by Crippen LogP contribution is 2.15. The van der Waals surface area contributed by atoms with Gasteiger partial charge in [0, 0.05) is 5.69 Å². The first-order chi connectivity index (χ1) is 8.69. The molecule has 0 saturated carbocycles. The third kappa shape index (κ3) is 2.82. The van der Waals surface area contributed by atoms with Crippen molar-refractivity contribution >= 4 is 17.5 Å². The smallest absolute Gasteiger partial charge is 0.356 e. The quantitative estimate of drug-likeness (QED) is 0.862. The number of carbonyl (C=O) groups is 1. The second kappa shape index (κ2) is 5.27. The van der Waals surface area contributed by atoms with E-state index in [1.807, 2.05) is 24.3 Å². The van der Waals surface area contributed by atoms with Crippen molar-refractivity contribution in [3.63, 3.8) is 0 Å². The van der Waals surface area contributed by atoms with Gasteiger partial charge in [-0.1, -0.05) is 19.1 Å². The number of anilines is 2. The molecule has 0 radical (unpaired) electrons. The monoisotopic (exact) mass is 243 g/mol. The van der Waals surface area contributed by atoms with E-state index in [-0.39, 0.29) is 5.69 Å². The Labute approximate surface area is 104 Å². The molecule has 1 heterocycles. The standard InChI is InChI=1S/C13H13N3O2/c1-2-9-4-3-5-10(8-9)14-12-7-6-11(13(17)18)15-16-12/h3-8H,2H2,1H3,(H,14,16)(H,17,18). The Balaban J connectivity index is 2.15. The molecule has 0 fully saturated rings. The number of benzene rings is 1. The first-order valence-electron chi connectivity index (χ1n) is 5.62. The number of aromatic nitrogens is 2. The fourth-order valence-electron chi connectivity index (χ4n) is 1.53. The lowest BCUT2D eigenvalue weighted by atomic mass is 10.1. The molecule has 0 aliphatic carbocycles. The van der Waals surface area contributed by atoms with Crippen LogP contribution in [0.25, 0.3) is 0 Å². The van der Waals surface area contributed by atoms with Crippen LogP contribution in [0.15, 0.2) is 36.4 Å². The highest BCUT2D eigenvalue weighted by atomic mass is 16.4. The van der Waals surface area contributed by atoms with E-state index in [1.54, 1.807) is 6.07 Å². The molecule has 0 unspecified atom stereocenters. The molecule has 5 nitrogen and oxygen atoms in total. The molecule has 0 atom stereocenters. The minimum atomic E-state index is -1.08. The van der Waals surface area contributed by atoms with Crippen molar-refractivity contribution in [1.29, 1.82) is 0 Å². The second-order valence-corrected chi connectivity index (χ2v) is 3.79. The van der Waals surface area contributed by atoms with Gasteiger partial charge in [-0.05, 0) is 36.2 Å². The summed E-state index contributed by atoms with van der Waals surface area (Å²) in [4.78, 5) is 10.6. The number of rotatable bonds is 4. The maximum Gasteiger partial charge on any atom is 0.356 e. The zero-order valence-corrected chi connectivity index (χ0v) is 9.92. The van der Waals surface area contributed by atoms with E-state index in [0.717, 1.165) is 12.1 Å². The minimum Gasteiger partial charge on any atom is -0.476 e. The Morgan fingerprint density at radius 2 is 2.11 bits per heavy atom. The van der Waals surface area contributed by atoms with Gasteiger partial charge in [0.15, 0.2) is 11.5 Å². The third-order valence-corrected chi connectivity index (χ3v) is 2.49. The van der Waals surface area contributed by atoms with Crippen LogP contribution in [0.4, 0.5) is 11.5 Å². The number of nitrogens with zero attached hydrogens (tertiary/aromatic N) is 2. The molecule has 1 aromatic heterocycles. The van der Waals surface area contributed by atoms with Crippen molar-refractivity contribution in [3.05, 3.63) is 47.7 Å². The molecule has 0 spiro atoms. The summed E-state index contributed by atoms with van der Waals surface area (Å²) < 4.78 is 0. The number of hydrogen-bond donors (Lipinski definition) is 2. The van der Waals surface area contributed by atoms with Crippen LogP contribution < -0.4 is 5.32 Å². The Kier molecular flexibility index (Phi) is 3.52. The highest BCUT2D eigenvalue weighted by Gasteiger charge is 2.05. The summed E-state index contributed by atoms with van der Waals surface area (Å²) in [5.41, 5.74) is 2.06. The number of carboxylic acid groups (broad SMARTS) is 1. The second-order valence-electron chi connectivity index (χ2n) is 3.79. The molecule has 0 aliphatic rings. The SMILES string of the molecule is CCc1cccc(Nc2ccc(C(=O)O)nn2)c1. The van der Waals surface area contributed by atoms with Gasteiger partial charge >= 0.3 is 5.97 Å². The molecule has 0 saturated heterocycles. The number of nitrogens with one attached hydrogen (secondary N) is 1. The first-order valence-corrected chi connectivity index (χ1v) is 5.62. The molecular formula is C13H13N3O2. The van der Waals surface area contributed by atoms with Crippen molar-refractivity contribution in [3.8, 4) is 0 Å². The predicted octanol–water partition coefficient (Wildman–Crippen LogP) is 2.48.